The molecule has 1 aliphatic rings. The Morgan fingerprint density at radius 2 is 2.11 bits per heavy atom. The van der Waals surface area contributed by atoms with Crippen molar-refractivity contribution in [1.29, 1.82) is 0 Å². The first-order chi connectivity index (χ1) is 8.49. The molecule has 0 saturated heterocycles. The third kappa shape index (κ3) is 2.58. The summed E-state index contributed by atoms with van der Waals surface area (Å²) >= 11 is 0. The maximum Gasteiger partial charge on any atom is 0.341 e. The van der Waals surface area contributed by atoms with Crippen molar-refractivity contribution in [2.75, 3.05) is 14.1 Å². The minimum Gasteiger partial charge on any atom is -0.489 e. The summed E-state index contributed by atoms with van der Waals surface area (Å²) in [4.78, 5) is 28.0. The average Bonchev–Trinajstić information content (AvgIpc) is 3.11. The van der Waals surface area contributed by atoms with Crippen LogP contribution in [0.15, 0.2) is 12.3 Å². The largest absolute Gasteiger partial charge is 0.489 e. The Labute approximate surface area is 104 Å². The second-order valence-electron chi connectivity index (χ2n) is 4.39. The second-order valence-corrected chi connectivity index (χ2v) is 4.39. The van der Waals surface area contributed by atoms with E-state index in [1.807, 2.05) is 0 Å². The fraction of sp³-hybridized carbons (Fsp3) is 0.417. The second kappa shape index (κ2) is 4.64. The standard InChI is InChI=1S/C12H14N2O4/c1-14(2)11(15)9-5-10(18-7-3-4-7)8(6-13-9)12(16)17/h5-7H,3-4H2,1-2H3,(H,16,17). The molecule has 18 heavy (non-hydrogen) atoms. The molecule has 0 atom stereocenters. The van der Waals surface area contributed by atoms with Crippen LogP contribution in [0.3, 0.4) is 0 Å². The van der Waals surface area contributed by atoms with Gasteiger partial charge in [-0.1, -0.05) is 0 Å². The number of aromatic carboxylic acids is 1. The van der Waals surface area contributed by atoms with Gasteiger partial charge in [0.25, 0.3) is 5.91 Å². The van der Waals surface area contributed by atoms with E-state index in [4.69, 9.17) is 9.84 Å². The molecule has 0 spiro atoms. The van der Waals surface area contributed by atoms with E-state index in [1.165, 1.54) is 11.0 Å². The minimum absolute atomic E-state index is 0.0165. The zero-order valence-corrected chi connectivity index (χ0v) is 10.2. The highest BCUT2D eigenvalue weighted by Gasteiger charge is 2.27. The van der Waals surface area contributed by atoms with Crippen LogP contribution in [-0.2, 0) is 0 Å². The first-order valence-electron chi connectivity index (χ1n) is 5.60. The molecular weight excluding hydrogens is 236 g/mol. The Balaban J connectivity index is 2.34. The van der Waals surface area contributed by atoms with Crippen LogP contribution in [0.5, 0.6) is 5.75 Å². The summed E-state index contributed by atoms with van der Waals surface area (Å²) in [5, 5.41) is 9.02. The predicted octanol–water partition coefficient (Wildman–Crippen LogP) is 1.02. The first kappa shape index (κ1) is 12.3. The lowest BCUT2D eigenvalue weighted by molar-refractivity contribution is 0.0689. The molecule has 2 rings (SSSR count). The van der Waals surface area contributed by atoms with Crippen molar-refractivity contribution in [3.8, 4) is 5.75 Å². The van der Waals surface area contributed by atoms with Gasteiger partial charge < -0.3 is 14.7 Å². The lowest BCUT2D eigenvalue weighted by Crippen LogP contribution is -2.23. The van der Waals surface area contributed by atoms with Crippen LogP contribution in [0.1, 0.15) is 33.7 Å². The van der Waals surface area contributed by atoms with Crippen LogP contribution in [0, 0.1) is 0 Å². The first-order valence-corrected chi connectivity index (χ1v) is 5.60. The van der Waals surface area contributed by atoms with Gasteiger partial charge in [0.15, 0.2) is 0 Å². The van der Waals surface area contributed by atoms with Crippen molar-refractivity contribution >= 4 is 11.9 Å². The van der Waals surface area contributed by atoms with Crippen LogP contribution in [0.4, 0.5) is 0 Å². The maximum absolute atomic E-state index is 11.7. The zero-order chi connectivity index (χ0) is 13.3. The molecule has 1 saturated carbocycles. The molecule has 1 aromatic rings. The van der Waals surface area contributed by atoms with Crippen molar-refractivity contribution in [2.45, 2.75) is 18.9 Å². The van der Waals surface area contributed by atoms with Gasteiger partial charge in [-0.15, -0.1) is 0 Å². The van der Waals surface area contributed by atoms with E-state index in [2.05, 4.69) is 4.98 Å². The van der Waals surface area contributed by atoms with Gasteiger partial charge in [-0.2, -0.15) is 0 Å². The lowest BCUT2D eigenvalue weighted by atomic mass is 10.2. The number of hydrogen-bond acceptors (Lipinski definition) is 4. The van der Waals surface area contributed by atoms with Crippen molar-refractivity contribution in [3.63, 3.8) is 0 Å². The van der Waals surface area contributed by atoms with Crippen LogP contribution < -0.4 is 4.74 Å². The van der Waals surface area contributed by atoms with Gasteiger partial charge in [0.2, 0.25) is 0 Å². The third-order valence-electron chi connectivity index (χ3n) is 2.54. The minimum atomic E-state index is -1.11. The summed E-state index contributed by atoms with van der Waals surface area (Å²) in [6.45, 7) is 0. The van der Waals surface area contributed by atoms with Gasteiger partial charge in [0.05, 0.1) is 6.10 Å². The molecule has 1 fully saturated rings. The zero-order valence-electron chi connectivity index (χ0n) is 10.2. The van der Waals surface area contributed by atoms with E-state index >= 15 is 0 Å². The monoisotopic (exact) mass is 250 g/mol. The molecule has 6 heteroatoms. The number of carbonyl (C=O) groups excluding carboxylic acids is 1. The fourth-order valence-electron chi connectivity index (χ4n) is 1.41. The Bertz CT molecular complexity index is 495. The van der Waals surface area contributed by atoms with Gasteiger partial charge in [-0.05, 0) is 12.8 Å². The van der Waals surface area contributed by atoms with Crippen molar-refractivity contribution in [1.82, 2.24) is 9.88 Å². The molecule has 96 valence electrons. The number of hydrogen-bond donors (Lipinski definition) is 1. The summed E-state index contributed by atoms with van der Waals surface area (Å²) in [5.41, 5.74) is 0.165. The Hall–Kier alpha value is -2.11. The van der Waals surface area contributed by atoms with Gasteiger partial charge in [-0.25, -0.2) is 9.78 Å². The summed E-state index contributed by atoms with van der Waals surface area (Å²) in [5.74, 6) is -1.18. The van der Waals surface area contributed by atoms with Gasteiger partial charge in [0, 0.05) is 26.4 Å². The molecule has 6 nitrogen and oxygen atoms in total. The highest BCUT2D eigenvalue weighted by Crippen LogP contribution is 2.29. The molecule has 1 N–H and O–H groups in total. The normalized spacial score (nSPS) is 14.1. The third-order valence-corrected chi connectivity index (χ3v) is 2.54. The number of pyridine rings is 1. The molecule has 1 heterocycles. The summed E-state index contributed by atoms with van der Waals surface area (Å²) < 4.78 is 5.50. The molecular formula is C12H14N2O4. The van der Waals surface area contributed by atoms with E-state index in [0.717, 1.165) is 19.0 Å². The molecule has 1 amide bonds. The fourth-order valence-corrected chi connectivity index (χ4v) is 1.41. The van der Waals surface area contributed by atoms with Gasteiger partial charge in [0.1, 0.15) is 17.0 Å². The topological polar surface area (TPSA) is 79.7 Å². The quantitative estimate of drug-likeness (QED) is 0.863. The summed E-state index contributed by atoms with van der Waals surface area (Å²) in [7, 11) is 3.22. The highest BCUT2D eigenvalue weighted by atomic mass is 16.5. The lowest BCUT2D eigenvalue weighted by Gasteiger charge is -2.12. The molecule has 0 unspecified atom stereocenters. The number of rotatable bonds is 4. The number of amides is 1. The number of nitrogens with zero attached hydrogens (tertiary/aromatic N) is 2. The Morgan fingerprint density at radius 1 is 1.44 bits per heavy atom. The van der Waals surface area contributed by atoms with Gasteiger partial charge in [-0.3, -0.25) is 4.79 Å². The van der Waals surface area contributed by atoms with Crippen LogP contribution in [0.25, 0.3) is 0 Å². The number of carbonyl (C=O) groups is 2. The molecule has 0 aliphatic heterocycles. The Kier molecular flexibility index (Phi) is 3.18. The van der Waals surface area contributed by atoms with Crippen LogP contribution in [0.2, 0.25) is 0 Å². The van der Waals surface area contributed by atoms with Gasteiger partial charge >= 0.3 is 5.97 Å². The van der Waals surface area contributed by atoms with E-state index in [0.29, 0.717) is 0 Å². The van der Waals surface area contributed by atoms with E-state index in [-0.39, 0.29) is 29.0 Å². The summed E-state index contributed by atoms with van der Waals surface area (Å²) in [6, 6.07) is 1.39. The summed E-state index contributed by atoms with van der Waals surface area (Å²) in [6.07, 6.45) is 3.06. The van der Waals surface area contributed by atoms with E-state index in [1.54, 1.807) is 14.1 Å². The molecule has 0 bridgehead atoms. The van der Waals surface area contributed by atoms with Crippen molar-refractivity contribution in [3.05, 3.63) is 23.5 Å². The van der Waals surface area contributed by atoms with E-state index < -0.39 is 5.97 Å². The number of carboxylic acids is 1. The van der Waals surface area contributed by atoms with Crippen LogP contribution in [-0.4, -0.2) is 47.1 Å². The molecule has 0 radical (unpaired) electrons. The SMILES string of the molecule is CN(C)C(=O)c1cc(OC2CC2)c(C(=O)O)cn1. The Morgan fingerprint density at radius 3 is 2.61 bits per heavy atom. The predicted molar refractivity (Wildman–Crippen MR) is 62.9 cm³/mol. The maximum atomic E-state index is 11.7. The number of ether oxygens (including phenoxy) is 1. The number of aromatic nitrogens is 1. The molecule has 1 aromatic heterocycles. The highest BCUT2D eigenvalue weighted by molar-refractivity contribution is 5.95. The number of carboxylic acid groups (broad SMARTS) is 1. The molecule has 1 aliphatic carbocycles. The molecule has 0 aromatic carbocycles. The van der Waals surface area contributed by atoms with E-state index in [9.17, 15) is 9.59 Å². The smallest absolute Gasteiger partial charge is 0.341 e. The van der Waals surface area contributed by atoms with Crippen molar-refractivity contribution < 1.29 is 19.4 Å². The van der Waals surface area contributed by atoms with Crippen molar-refractivity contribution in [2.24, 2.45) is 0 Å². The average molecular weight is 250 g/mol. The van der Waals surface area contributed by atoms with Crippen LogP contribution >= 0.6 is 0 Å².